The van der Waals surface area contributed by atoms with Crippen molar-refractivity contribution in [2.45, 2.75) is 24.8 Å². The van der Waals surface area contributed by atoms with Crippen molar-refractivity contribution in [1.29, 1.82) is 0 Å². The molecule has 1 heterocycles. The Morgan fingerprint density at radius 2 is 2.06 bits per heavy atom. The van der Waals surface area contributed by atoms with Crippen molar-refractivity contribution in [2.75, 3.05) is 7.05 Å². The van der Waals surface area contributed by atoms with Gasteiger partial charge in [0.15, 0.2) is 5.96 Å². The first-order valence-electron chi connectivity index (χ1n) is 6.31. The second-order valence-corrected chi connectivity index (χ2v) is 5.13. The highest BCUT2D eigenvalue weighted by Gasteiger charge is 2.46. The van der Waals surface area contributed by atoms with E-state index in [0.29, 0.717) is 24.2 Å². The van der Waals surface area contributed by atoms with Crippen LogP contribution < -0.4 is 5.73 Å². The third kappa shape index (κ3) is 1.88. The Labute approximate surface area is 106 Å². The van der Waals surface area contributed by atoms with E-state index in [1.165, 1.54) is 10.5 Å². The second kappa shape index (κ2) is 4.12. The van der Waals surface area contributed by atoms with Crippen molar-refractivity contribution < 1.29 is 4.79 Å². The number of hydrogen-bond acceptors (Lipinski definition) is 3. The number of amides is 1. The van der Waals surface area contributed by atoms with E-state index in [1.807, 2.05) is 6.07 Å². The van der Waals surface area contributed by atoms with Gasteiger partial charge in [-0.25, -0.2) is 4.99 Å². The fourth-order valence-electron chi connectivity index (χ4n) is 2.72. The summed E-state index contributed by atoms with van der Waals surface area (Å²) in [7, 11) is 1.68. The summed E-state index contributed by atoms with van der Waals surface area (Å²) in [5, 5.41) is 0. The zero-order valence-electron chi connectivity index (χ0n) is 10.4. The maximum absolute atomic E-state index is 11.8. The largest absolute Gasteiger partial charge is 0.369 e. The molecule has 2 aliphatic rings. The Kier molecular flexibility index (Phi) is 2.58. The van der Waals surface area contributed by atoms with Crippen molar-refractivity contribution in [1.82, 2.24) is 4.90 Å². The van der Waals surface area contributed by atoms with E-state index in [2.05, 4.69) is 29.3 Å². The molecule has 1 unspecified atom stereocenters. The van der Waals surface area contributed by atoms with Crippen LogP contribution in [0.4, 0.5) is 0 Å². The van der Waals surface area contributed by atoms with Crippen LogP contribution in [0.3, 0.4) is 0 Å². The summed E-state index contributed by atoms with van der Waals surface area (Å²) in [5.74, 6) is 1.45. The zero-order valence-corrected chi connectivity index (χ0v) is 10.4. The number of nitrogens with zero attached hydrogens (tertiary/aromatic N) is 2. The van der Waals surface area contributed by atoms with Crippen LogP contribution >= 0.6 is 0 Å². The van der Waals surface area contributed by atoms with Crippen molar-refractivity contribution in [3.63, 3.8) is 0 Å². The molecule has 1 amide bonds. The molecule has 1 fully saturated rings. The van der Waals surface area contributed by atoms with Gasteiger partial charge in [0.1, 0.15) is 0 Å². The summed E-state index contributed by atoms with van der Waals surface area (Å²) in [6.45, 7) is 0. The van der Waals surface area contributed by atoms with Gasteiger partial charge < -0.3 is 5.73 Å². The van der Waals surface area contributed by atoms with Gasteiger partial charge >= 0.3 is 0 Å². The summed E-state index contributed by atoms with van der Waals surface area (Å²) in [4.78, 5) is 17.6. The van der Waals surface area contributed by atoms with Crippen molar-refractivity contribution in [3.05, 3.63) is 35.9 Å². The Morgan fingerprint density at radius 1 is 1.33 bits per heavy atom. The van der Waals surface area contributed by atoms with E-state index >= 15 is 0 Å². The molecule has 0 spiro atoms. The van der Waals surface area contributed by atoms with Crippen molar-refractivity contribution >= 4 is 11.9 Å². The SMILES string of the molecule is CN1C(=O)CC([C@H]2C[C@@H]2c2ccccc2)N=C1N. The average molecular weight is 243 g/mol. The number of guanidine groups is 1. The molecular weight excluding hydrogens is 226 g/mol. The van der Waals surface area contributed by atoms with Crippen molar-refractivity contribution in [2.24, 2.45) is 16.6 Å². The number of rotatable bonds is 2. The fourth-order valence-corrected chi connectivity index (χ4v) is 2.72. The minimum absolute atomic E-state index is 0.0684. The third-order valence-electron chi connectivity index (χ3n) is 3.96. The van der Waals surface area contributed by atoms with Crippen molar-refractivity contribution in [3.8, 4) is 0 Å². The highest BCUT2D eigenvalue weighted by Crippen LogP contribution is 2.51. The predicted molar refractivity (Wildman–Crippen MR) is 70.1 cm³/mol. The number of nitrogens with two attached hydrogens (primary N) is 1. The van der Waals surface area contributed by atoms with Crippen LogP contribution in [0.2, 0.25) is 0 Å². The van der Waals surface area contributed by atoms with Crippen LogP contribution in [0.15, 0.2) is 35.3 Å². The molecule has 0 saturated heterocycles. The highest BCUT2D eigenvalue weighted by molar-refractivity contribution is 5.98. The van der Waals surface area contributed by atoms with Crippen LogP contribution in [-0.2, 0) is 4.79 Å². The molecule has 4 heteroatoms. The maximum atomic E-state index is 11.8. The molecule has 1 aromatic rings. The predicted octanol–water partition coefficient (Wildman–Crippen LogP) is 1.34. The van der Waals surface area contributed by atoms with Gasteiger partial charge in [-0.15, -0.1) is 0 Å². The lowest BCUT2D eigenvalue weighted by Gasteiger charge is -2.25. The highest BCUT2D eigenvalue weighted by atomic mass is 16.2. The van der Waals surface area contributed by atoms with Gasteiger partial charge in [-0.2, -0.15) is 0 Å². The Bertz CT molecular complexity index is 497. The Balaban J connectivity index is 1.74. The van der Waals surface area contributed by atoms with Gasteiger partial charge in [-0.05, 0) is 23.8 Å². The van der Waals surface area contributed by atoms with E-state index in [1.54, 1.807) is 7.05 Å². The van der Waals surface area contributed by atoms with E-state index in [0.717, 1.165) is 6.42 Å². The molecule has 0 radical (unpaired) electrons. The standard InChI is InChI=1S/C14H17N3O/c1-17-13(18)8-12(16-14(17)15)11-7-10(11)9-5-3-2-4-6-9/h2-6,10-12H,7-8H2,1H3,(H2,15,16)/t10-,11+,12?/m1/s1. The minimum Gasteiger partial charge on any atom is -0.369 e. The lowest BCUT2D eigenvalue weighted by molar-refractivity contribution is -0.127. The molecule has 0 aromatic heterocycles. The summed E-state index contributed by atoms with van der Waals surface area (Å²) in [5.41, 5.74) is 7.11. The lowest BCUT2D eigenvalue weighted by Crippen LogP contribution is -2.45. The summed E-state index contributed by atoms with van der Waals surface area (Å²) in [6.07, 6.45) is 1.60. The van der Waals surface area contributed by atoms with Gasteiger partial charge in [0.25, 0.3) is 0 Å². The molecule has 0 bridgehead atoms. The molecule has 18 heavy (non-hydrogen) atoms. The quantitative estimate of drug-likeness (QED) is 0.852. The first-order chi connectivity index (χ1) is 8.66. The molecule has 1 saturated carbocycles. The third-order valence-corrected chi connectivity index (χ3v) is 3.96. The van der Waals surface area contributed by atoms with Gasteiger partial charge in [0.2, 0.25) is 5.91 Å². The van der Waals surface area contributed by atoms with E-state index in [9.17, 15) is 4.79 Å². The molecular formula is C14H17N3O. The number of carbonyl (C=O) groups is 1. The monoisotopic (exact) mass is 243 g/mol. The number of benzene rings is 1. The molecule has 2 N–H and O–H groups in total. The van der Waals surface area contributed by atoms with Gasteiger partial charge in [0.05, 0.1) is 12.5 Å². The maximum Gasteiger partial charge on any atom is 0.231 e. The van der Waals surface area contributed by atoms with E-state index in [-0.39, 0.29) is 11.9 Å². The van der Waals surface area contributed by atoms with Crippen LogP contribution in [0.5, 0.6) is 0 Å². The van der Waals surface area contributed by atoms with Gasteiger partial charge in [-0.1, -0.05) is 30.3 Å². The number of hydrogen-bond donors (Lipinski definition) is 1. The summed E-state index contributed by atoms with van der Waals surface area (Å²) in [6, 6.07) is 10.5. The molecule has 1 aliphatic carbocycles. The number of carbonyl (C=O) groups excluding carboxylic acids is 1. The lowest BCUT2D eigenvalue weighted by atomic mass is 10.0. The second-order valence-electron chi connectivity index (χ2n) is 5.13. The van der Waals surface area contributed by atoms with Gasteiger partial charge in [-0.3, -0.25) is 9.69 Å². The molecule has 94 valence electrons. The molecule has 1 aliphatic heterocycles. The normalized spacial score (nSPS) is 31.2. The minimum atomic E-state index is 0.0684. The van der Waals surface area contributed by atoms with E-state index in [4.69, 9.17) is 5.73 Å². The zero-order chi connectivity index (χ0) is 12.7. The first-order valence-corrected chi connectivity index (χ1v) is 6.31. The smallest absolute Gasteiger partial charge is 0.231 e. The first kappa shape index (κ1) is 11.3. The van der Waals surface area contributed by atoms with Crippen LogP contribution in [0, 0.1) is 5.92 Å². The molecule has 3 atom stereocenters. The molecule has 3 rings (SSSR count). The van der Waals surface area contributed by atoms with Crippen LogP contribution in [-0.4, -0.2) is 29.9 Å². The molecule has 1 aromatic carbocycles. The Hall–Kier alpha value is -1.84. The van der Waals surface area contributed by atoms with Crippen LogP contribution in [0.1, 0.15) is 24.3 Å². The Morgan fingerprint density at radius 3 is 2.72 bits per heavy atom. The van der Waals surface area contributed by atoms with Crippen LogP contribution in [0.25, 0.3) is 0 Å². The summed E-state index contributed by atoms with van der Waals surface area (Å²) < 4.78 is 0. The average Bonchev–Trinajstić information content (AvgIpc) is 3.17. The fraction of sp³-hybridized carbons (Fsp3) is 0.429. The van der Waals surface area contributed by atoms with Gasteiger partial charge in [0, 0.05) is 7.05 Å². The number of aliphatic imine (C=N–C) groups is 1. The topological polar surface area (TPSA) is 58.7 Å². The van der Waals surface area contributed by atoms with E-state index < -0.39 is 0 Å². The molecule has 4 nitrogen and oxygen atoms in total. The summed E-state index contributed by atoms with van der Waals surface area (Å²) >= 11 is 0.